The molecular weight excluding hydrogens is 341 g/mol. The smallest absolute Gasteiger partial charge is 0.375 e. The molecule has 6 N–H and O–H groups in total. The van der Waals surface area contributed by atoms with Crippen molar-refractivity contribution in [3.63, 3.8) is 0 Å². The predicted octanol–water partition coefficient (Wildman–Crippen LogP) is 2.78. The highest BCUT2D eigenvalue weighted by atomic mass is 32.1. The average Bonchev–Trinajstić information content (AvgIpc) is 2.53. The number of aliphatic hydroxyl groups is 1. The lowest BCUT2D eigenvalue weighted by Crippen LogP contribution is -2.43. The molecule has 0 saturated heterocycles. The first-order valence-electron chi connectivity index (χ1n) is 6.79. The molecule has 0 fully saturated rings. The summed E-state index contributed by atoms with van der Waals surface area (Å²) in [4.78, 5) is 0. The van der Waals surface area contributed by atoms with E-state index in [4.69, 9.17) is 5.73 Å². The molecule has 2 aromatic rings. The fourth-order valence-corrected chi connectivity index (χ4v) is 2.02. The minimum absolute atomic E-state index is 0.0396. The quantitative estimate of drug-likeness (QED) is 0.322. The Morgan fingerprint density at radius 3 is 2.29 bits per heavy atom. The zero-order valence-corrected chi connectivity index (χ0v) is 13.1. The maximum absolute atomic E-state index is 12.6. The molecule has 0 spiro atoms. The second-order valence-electron chi connectivity index (χ2n) is 4.82. The van der Waals surface area contributed by atoms with Crippen LogP contribution in [0.15, 0.2) is 48.5 Å². The van der Waals surface area contributed by atoms with E-state index in [0.717, 1.165) is 12.1 Å². The Kier molecular flexibility index (Phi) is 5.60. The first kappa shape index (κ1) is 18.0. The van der Waals surface area contributed by atoms with Crippen LogP contribution in [0.1, 0.15) is 17.4 Å². The van der Waals surface area contributed by atoms with Gasteiger partial charge in [-0.25, -0.2) is 5.43 Å². The van der Waals surface area contributed by atoms with Crippen molar-refractivity contribution in [1.29, 1.82) is 0 Å². The molecule has 0 aliphatic rings. The molecule has 0 amide bonds. The Morgan fingerprint density at radius 1 is 1.08 bits per heavy atom. The highest BCUT2D eigenvalue weighted by Gasteiger charge is 2.29. The number of nitrogens with one attached hydrogen (secondary N) is 3. The topological polar surface area (TPSA) is 82.3 Å². The number of thiocarbonyl (C=S) groups is 1. The molecule has 0 saturated carbocycles. The summed E-state index contributed by atoms with van der Waals surface area (Å²) in [5.41, 5.74) is 10.9. The van der Waals surface area contributed by atoms with Gasteiger partial charge in [-0.3, -0.25) is 5.43 Å². The number of aliphatic hydroxyl groups excluding tert-OH is 1. The van der Waals surface area contributed by atoms with Gasteiger partial charge in [0.15, 0.2) is 5.11 Å². The van der Waals surface area contributed by atoms with Crippen LogP contribution in [-0.2, 0) is 6.18 Å². The molecule has 1 atom stereocenters. The molecule has 0 heterocycles. The highest BCUT2D eigenvalue weighted by Crippen LogP contribution is 2.31. The van der Waals surface area contributed by atoms with Gasteiger partial charge < -0.3 is 16.2 Å². The van der Waals surface area contributed by atoms with Crippen LogP contribution < -0.4 is 21.9 Å². The van der Waals surface area contributed by atoms with Gasteiger partial charge in [0.05, 0.1) is 5.56 Å². The number of hydrazine groups is 1. The SMILES string of the molecule is NC(=S)NNC(O)c1ccccc1Nc1ccc(C(F)(F)F)cc1. The maximum Gasteiger partial charge on any atom is 0.416 e. The van der Waals surface area contributed by atoms with E-state index in [0.29, 0.717) is 16.9 Å². The van der Waals surface area contributed by atoms with Gasteiger partial charge in [0.2, 0.25) is 0 Å². The number of anilines is 2. The Morgan fingerprint density at radius 2 is 1.71 bits per heavy atom. The van der Waals surface area contributed by atoms with Crippen molar-refractivity contribution < 1.29 is 18.3 Å². The summed E-state index contributed by atoms with van der Waals surface area (Å²) >= 11 is 4.63. The van der Waals surface area contributed by atoms with Crippen molar-refractivity contribution in [3.05, 3.63) is 59.7 Å². The van der Waals surface area contributed by atoms with Crippen molar-refractivity contribution in [2.75, 3.05) is 5.32 Å². The standard InChI is InChI=1S/C15H15F3N4OS/c16-15(17,18)9-5-7-10(8-6-9)20-12-4-2-1-3-11(12)13(23)21-22-14(19)24/h1-8,13,20-21,23H,(H3,19,22,24). The summed E-state index contributed by atoms with van der Waals surface area (Å²) in [6.07, 6.45) is -5.52. The molecule has 9 heteroatoms. The minimum Gasteiger partial charge on any atom is -0.375 e. The summed E-state index contributed by atoms with van der Waals surface area (Å²) in [6.45, 7) is 0. The third kappa shape index (κ3) is 4.82. The molecule has 0 aromatic heterocycles. The van der Waals surface area contributed by atoms with Crippen molar-refractivity contribution in [2.24, 2.45) is 5.73 Å². The Hall–Kier alpha value is -2.36. The lowest BCUT2D eigenvalue weighted by molar-refractivity contribution is -0.137. The Labute approximate surface area is 141 Å². The zero-order valence-electron chi connectivity index (χ0n) is 12.3. The van der Waals surface area contributed by atoms with Gasteiger partial charge in [-0.2, -0.15) is 13.2 Å². The average molecular weight is 356 g/mol. The van der Waals surface area contributed by atoms with E-state index in [1.54, 1.807) is 24.3 Å². The monoisotopic (exact) mass is 356 g/mol. The third-order valence-corrected chi connectivity index (χ3v) is 3.18. The maximum atomic E-state index is 12.6. The number of alkyl halides is 3. The number of halogens is 3. The van der Waals surface area contributed by atoms with E-state index < -0.39 is 18.0 Å². The van der Waals surface area contributed by atoms with Gasteiger partial charge in [-0.15, -0.1) is 0 Å². The van der Waals surface area contributed by atoms with Crippen molar-refractivity contribution in [1.82, 2.24) is 10.9 Å². The summed E-state index contributed by atoms with van der Waals surface area (Å²) in [5.74, 6) is 0. The number of hydrogen-bond acceptors (Lipinski definition) is 4. The highest BCUT2D eigenvalue weighted by molar-refractivity contribution is 7.80. The fraction of sp³-hybridized carbons (Fsp3) is 0.133. The molecule has 24 heavy (non-hydrogen) atoms. The van der Waals surface area contributed by atoms with Gasteiger partial charge in [-0.1, -0.05) is 18.2 Å². The van der Waals surface area contributed by atoms with Gasteiger partial charge >= 0.3 is 6.18 Å². The summed E-state index contributed by atoms with van der Waals surface area (Å²) < 4.78 is 37.7. The first-order chi connectivity index (χ1) is 11.3. The predicted molar refractivity (Wildman–Crippen MR) is 89.2 cm³/mol. The number of rotatable bonds is 5. The lowest BCUT2D eigenvalue weighted by atomic mass is 10.1. The molecule has 0 bridgehead atoms. The van der Waals surface area contributed by atoms with Crippen LogP contribution in [0, 0.1) is 0 Å². The van der Waals surface area contributed by atoms with E-state index in [2.05, 4.69) is 28.4 Å². The van der Waals surface area contributed by atoms with E-state index in [1.807, 2.05) is 0 Å². The molecule has 1 unspecified atom stereocenters. The van der Waals surface area contributed by atoms with Crippen LogP contribution >= 0.6 is 12.2 Å². The van der Waals surface area contributed by atoms with Gasteiger partial charge in [0.1, 0.15) is 6.23 Å². The van der Waals surface area contributed by atoms with Crippen LogP contribution in [0.25, 0.3) is 0 Å². The van der Waals surface area contributed by atoms with Crippen molar-refractivity contribution in [2.45, 2.75) is 12.4 Å². The van der Waals surface area contributed by atoms with Crippen LogP contribution in [-0.4, -0.2) is 10.2 Å². The van der Waals surface area contributed by atoms with E-state index >= 15 is 0 Å². The number of hydrogen-bond donors (Lipinski definition) is 5. The van der Waals surface area contributed by atoms with Gasteiger partial charge in [0, 0.05) is 16.9 Å². The van der Waals surface area contributed by atoms with E-state index in [9.17, 15) is 18.3 Å². The second-order valence-corrected chi connectivity index (χ2v) is 5.26. The molecule has 2 rings (SSSR count). The number of benzene rings is 2. The minimum atomic E-state index is -4.39. The van der Waals surface area contributed by atoms with Gasteiger partial charge in [-0.05, 0) is 42.5 Å². The van der Waals surface area contributed by atoms with E-state index in [-0.39, 0.29) is 5.11 Å². The summed E-state index contributed by atoms with van der Waals surface area (Å²) in [5, 5.41) is 13.0. The molecular formula is C15H15F3N4OS. The largest absolute Gasteiger partial charge is 0.416 e. The lowest BCUT2D eigenvalue weighted by Gasteiger charge is -2.18. The van der Waals surface area contributed by atoms with E-state index in [1.165, 1.54) is 12.1 Å². The molecule has 128 valence electrons. The molecule has 0 aliphatic heterocycles. The second kappa shape index (κ2) is 7.47. The Balaban J connectivity index is 2.16. The number of nitrogens with two attached hydrogens (primary N) is 1. The molecule has 5 nitrogen and oxygen atoms in total. The molecule has 0 radical (unpaired) electrons. The fourth-order valence-electron chi connectivity index (χ4n) is 1.96. The van der Waals surface area contributed by atoms with Gasteiger partial charge in [0.25, 0.3) is 0 Å². The molecule has 2 aromatic carbocycles. The summed E-state index contributed by atoms with van der Waals surface area (Å²) in [6, 6.07) is 11.3. The van der Waals surface area contributed by atoms with Crippen LogP contribution in [0.2, 0.25) is 0 Å². The summed E-state index contributed by atoms with van der Waals surface area (Å²) in [7, 11) is 0. The van der Waals surface area contributed by atoms with Crippen LogP contribution in [0.3, 0.4) is 0 Å². The zero-order chi connectivity index (χ0) is 17.7. The van der Waals surface area contributed by atoms with Crippen LogP contribution in [0.5, 0.6) is 0 Å². The van der Waals surface area contributed by atoms with Crippen LogP contribution in [0.4, 0.5) is 24.5 Å². The van der Waals surface area contributed by atoms with Crippen molar-refractivity contribution >= 4 is 28.7 Å². The first-order valence-corrected chi connectivity index (χ1v) is 7.20. The normalized spacial score (nSPS) is 12.5. The third-order valence-electron chi connectivity index (χ3n) is 3.08. The Bertz CT molecular complexity index is 707. The number of para-hydroxylation sites is 1. The van der Waals surface area contributed by atoms with Crippen molar-refractivity contribution in [3.8, 4) is 0 Å². The molecule has 0 aliphatic carbocycles.